The summed E-state index contributed by atoms with van der Waals surface area (Å²) < 4.78 is 0. The molecule has 0 aliphatic carbocycles. The summed E-state index contributed by atoms with van der Waals surface area (Å²) in [6, 6.07) is 0. The maximum absolute atomic E-state index is 10.7. The van der Waals surface area contributed by atoms with Gasteiger partial charge in [0, 0.05) is 26.2 Å². The van der Waals surface area contributed by atoms with Crippen LogP contribution in [-0.4, -0.2) is 36.1 Å². The van der Waals surface area contributed by atoms with Gasteiger partial charge in [-0.05, 0) is 0 Å². The number of carbonyl (C=O) groups excluding carboxylic acids is 1. The largest absolute Gasteiger partial charge is 0.478 e. The highest BCUT2D eigenvalue weighted by molar-refractivity contribution is 5.93. The molecule has 0 fully saturated rings. The Bertz CT molecular complexity index is 191. The molecule has 0 unspecified atom stereocenters. The van der Waals surface area contributed by atoms with Crippen molar-refractivity contribution in [1.82, 2.24) is 10.4 Å². The van der Waals surface area contributed by atoms with Gasteiger partial charge in [0.15, 0.2) is 0 Å². The number of hydrogen-bond donors (Lipinski definition) is 2. The Morgan fingerprint density at radius 1 is 1.33 bits per heavy atom. The minimum atomic E-state index is -1.14. The molecule has 0 bridgehead atoms. The van der Waals surface area contributed by atoms with Crippen molar-refractivity contribution in [3.8, 4) is 0 Å². The summed E-state index contributed by atoms with van der Waals surface area (Å²) in [5, 5.41) is 9.54. The number of hydrazine groups is 1. The van der Waals surface area contributed by atoms with Gasteiger partial charge in [0.05, 0.1) is 0 Å². The molecule has 0 aromatic rings. The first kappa shape index (κ1) is 13.5. The average Bonchev–Trinajstić information content (AvgIpc) is 1.82. The number of hydrogen-bond acceptors (Lipinski definition) is 3. The van der Waals surface area contributed by atoms with Crippen molar-refractivity contribution in [2.24, 2.45) is 0 Å². The van der Waals surface area contributed by atoms with Crippen molar-refractivity contribution in [3.05, 3.63) is 12.2 Å². The molecule has 12 heavy (non-hydrogen) atoms. The van der Waals surface area contributed by atoms with Gasteiger partial charge in [-0.3, -0.25) is 10.2 Å². The molecule has 6 heteroatoms. The number of amides is 1. The molecular weight excluding hydrogens is 184 g/mol. The van der Waals surface area contributed by atoms with E-state index in [0.717, 1.165) is 12.2 Å². The van der Waals surface area contributed by atoms with Crippen LogP contribution in [0.4, 0.5) is 0 Å². The zero-order valence-corrected chi connectivity index (χ0v) is 7.59. The van der Waals surface area contributed by atoms with Crippen LogP contribution in [0.15, 0.2) is 12.2 Å². The van der Waals surface area contributed by atoms with Crippen molar-refractivity contribution >= 4 is 24.3 Å². The fourth-order valence-electron chi connectivity index (χ4n) is 0.405. The number of halogens is 1. The molecule has 0 aliphatic rings. The average molecular weight is 195 g/mol. The summed E-state index contributed by atoms with van der Waals surface area (Å²) in [6.45, 7) is 0. The number of carboxylic acids is 1. The van der Waals surface area contributed by atoms with E-state index in [4.69, 9.17) is 5.11 Å². The number of nitrogens with one attached hydrogen (secondary N) is 1. The third kappa shape index (κ3) is 8.93. The molecular formula is C6H11ClN2O3. The Labute approximate surface area is 76.4 Å². The second-order valence-corrected chi connectivity index (χ2v) is 2.04. The van der Waals surface area contributed by atoms with Gasteiger partial charge in [0.25, 0.3) is 5.91 Å². The monoisotopic (exact) mass is 194 g/mol. The maximum Gasteiger partial charge on any atom is 0.328 e. The lowest BCUT2D eigenvalue weighted by molar-refractivity contribution is -0.131. The molecule has 0 atom stereocenters. The van der Waals surface area contributed by atoms with Gasteiger partial charge in [-0.15, -0.1) is 12.4 Å². The minimum absolute atomic E-state index is 0. The number of carbonyl (C=O) groups is 2. The quantitative estimate of drug-likeness (QED) is 0.476. The zero-order valence-electron chi connectivity index (χ0n) is 6.77. The van der Waals surface area contributed by atoms with Gasteiger partial charge in [0.1, 0.15) is 0 Å². The lowest BCUT2D eigenvalue weighted by Crippen LogP contribution is -2.34. The van der Waals surface area contributed by atoms with Crippen LogP contribution < -0.4 is 5.43 Å². The Hall–Kier alpha value is -1.07. The van der Waals surface area contributed by atoms with Crippen LogP contribution >= 0.6 is 12.4 Å². The number of nitrogens with zero attached hydrogens (tertiary/aromatic N) is 1. The van der Waals surface area contributed by atoms with Crippen LogP contribution in [-0.2, 0) is 9.59 Å². The fourth-order valence-corrected chi connectivity index (χ4v) is 0.405. The van der Waals surface area contributed by atoms with Crippen LogP contribution in [0.5, 0.6) is 0 Å². The molecule has 2 N–H and O–H groups in total. The molecule has 1 amide bonds. The van der Waals surface area contributed by atoms with Crippen LogP contribution in [0.2, 0.25) is 0 Å². The second-order valence-electron chi connectivity index (χ2n) is 2.04. The maximum atomic E-state index is 10.7. The van der Waals surface area contributed by atoms with E-state index in [1.807, 2.05) is 0 Å². The summed E-state index contributed by atoms with van der Waals surface area (Å²) in [6.07, 6.45) is 1.72. The molecule has 0 heterocycles. The van der Waals surface area contributed by atoms with Crippen molar-refractivity contribution in [1.29, 1.82) is 0 Å². The first-order chi connectivity index (χ1) is 5.02. The Morgan fingerprint density at radius 3 is 2.17 bits per heavy atom. The van der Waals surface area contributed by atoms with Crippen LogP contribution in [0.1, 0.15) is 0 Å². The molecule has 0 saturated heterocycles. The van der Waals surface area contributed by atoms with E-state index in [1.165, 1.54) is 5.01 Å². The third-order valence-electron chi connectivity index (χ3n) is 0.711. The molecule has 0 aliphatic heterocycles. The van der Waals surface area contributed by atoms with Crippen molar-refractivity contribution in [2.45, 2.75) is 0 Å². The topological polar surface area (TPSA) is 69.6 Å². The first-order valence-electron chi connectivity index (χ1n) is 2.91. The minimum Gasteiger partial charge on any atom is -0.478 e. The van der Waals surface area contributed by atoms with Crippen molar-refractivity contribution in [3.63, 3.8) is 0 Å². The molecule has 0 rings (SSSR count). The Balaban J connectivity index is 0. The number of carboxylic acid groups (broad SMARTS) is 1. The van der Waals surface area contributed by atoms with Crippen LogP contribution in [0, 0.1) is 0 Å². The highest BCUT2D eigenvalue weighted by Crippen LogP contribution is 1.74. The second kappa shape index (κ2) is 6.63. The van der Waals surface area contributed by atoms with Gasteiger partial charge in [-0.25, -0.2) is 9.80 Å². The SMILES string of the molecule is CN(C)NC(=O)/C=C/C(=O)O.Cl. The molecule has 0 spiro atoms. The van der Waals surface area contributed by atoms with Gasteiger partial charge < -0.3 is 5.11 Å². The van der Waals surface area contributed by atoms with E-state index in [0.29, 0.717) is 0 Å². The van der Waals surface area contributed by atoms with Crippen LogP contribution in [0.25, 0.3) is 0 Å². The van der Waals surface area contributed by atoms with E-state index in [-0.39, 0.29) is 12.4 Å². The molecule has 5 nitrogen and oxygen atoms in total. The van der Waals surface area contributed by atoms with Crippen molar-refractivity contribution in [2.75, 3.05) is 14.1 Å². The predicted molar refractivity (Wildman–Crippen MR) is 45.9 cm³/mol. The van der Waals surface area contributed by atoms with E-state index in [1.54, 1.807) is 14.1 Å². The lowest BCUT2D eigenvalue weighted by Gasteiger charge is -2.08. The summed E-state index contributed by atoms with van der Waals surface area (Å²) in [4.78, 5) is 20.6. The van der Waals surface area contributed by atoms with E-state index in [9.17, 15) is 9.59 Å². The summed E-state index contributed by atoms with van der Waals surface area (Å²) in [5.41, 5.74) is 2.34. The number of rotatable bonds is 3. The normalized spacial score (nSPS) is 9.58. The molecule has 0 aromatic heterocycles. The standard InChI is InChI=1S/C6H10N2O3.ClH/c1-8(2)7-5(9)3-4-6(10)11;/h3-4H,1-2H3,(H,7,9)(H,10,11);1H/b4-3+;. The Morgan fingerprint density at radius 2 is 1.83 bits per heavy atom. The summed E-state index contributed by atoms with van der Waals surface area (Å²) >= 11 is 0. The third-order valence-corrected chi connectivity index (χ3v) is 0.711. The van der Waals surface area contributed by atoms with Gasteiger partial charge in [-0.1, -0.05) is 0 Å². The van der Waals surface area contributed by atoms with Crippen LogP contribution in [0.3, 0.4) is 0 Å². The number of aliphatic carboxylic acids is 1. The van der Waals surface area contributed by atoms with Crippen molar-refractivity contribution < 1.29 is 14.7 Å². The summed E-state index contributed by atoms with van der Waals surface area (Å²) in [5.74, 6) is -1.60. The Kier molecular flexibility index (Phi) is 7.47. The van der Waals surface area contributed by atoms with Gasteiger partial charge in [-0.2, -0.15) is 0 Å². The first-order valence-corrected chi connectivity index (χ1v) is 2.91. The van der Waals surface area contributed by atoms with Gasteiger partial charge in [0.2, 0.25) is 0 Å². The van der Waals surface area contributed by atoms with E-state index < -0.39 is 11.9 Å². The predicted octanol–water partition coefficient (Wildman–Crippen LogP) is -0.358. The molecule has 0 radical (unpaired) electrons. The highest BCUT2D eigenvalue weighted by atomic mass is 35.5. The lowest BCUT2D eigenvalue weighted by atomic mass is 10.5. The zero-order chi connectivity index (χ0) is 8.85. The smallest absolute Gasteiger partial charge is 0.328 e. The fraction of sp³-hybridized carbons (Fsp3) is 0.333. The molecule has 0 saturated carbocycles. The van der Waals surface area contributed by atoms with E-state index >= 15 is 0 Å². The highest BCUT2D eigenvalue weighted by Gasteiger charge is 1.95. The van der Waals surface area contributed by atoms with Gasteiger partial charge >= 0.3 is 5.97 Å². The van der Waals surface area contributed by atoms with E-state index in [2.05, 4.69) is 5.43 Å². The molecule has 0 aromatic carbocycles. The summed E-state index contributed by atoms with van der Waals surface area (Å²) in [7, 11) is 3.26. The molecule has 70 valence electrons.